The molecule has 0 unspecified atom stereocenters. The van der Waals surface area contributed by atoms with Crippen LogP contribution in [0.25, 0.3) is 0 Å². The molecular formula is C16H21BrN2O4. The number of carbonyl (C=O) groups is 2. The maximum Gasteiger partial charge on any atom is 0.317 e. The van der Waals surface area contributed by atoms with Gasteiger partial charge in [-0.2, -0.15) is 0 Å². The fourth-order valence-electron chi connectivity index (χ4n) is 2.67. The second kappa shape index (κ2) is 7.90. The maximum absolute atomic E-state index is 12.7. The van der Waals surface area contributed by atoms with Crippen LogP contribution in [0.1, 0.15) is 15.9 Å². The van der Waals surface area contributed by atoms with E-state index in [1.54, 1.807) is 16.8 Å². The molecule has 1 saturated heterocycles. The van der Waals surface area contributed by atoms with Crippen molar-refractivity contribution in [3.63, 3.8) is 0 Å². The molecule has 0 aromatic heterocycles. The Hall–Kier alpha value is -1.44. The number of halogens is 1. The van der Waals surface area contributed by atoms with E-state index in [1.165, 1.54) is 0 Å². The number of carboxylic acids is 1. The first-order chi connectivity index (χ1) is 10.9. The minimum absolute atomic E-state index is 0.0158. The van der Waals surface area contributed by atoms with E-state index in [-0.39, 0.29) is 18.6 Å². The smallest absolute Gasteiger partial charge is 0.317 e. The number of likely N-dealkylation sites (N-methyl/N-ethyl adjacent to an activating group) is 1. The van der Waals surface area contributed by atoms with Crippen LogP contribution in [0, 0.1) is 6.92 Å². The van der Waals surface area contributed by atoms with Crippen molar-refractivity contribution in [2.24, 2.45) is 0 Å². The number of morpholine rings is 1. The molecule has 0 aliphatic carbocycles. The van der Waals surface area contributed by atoms with E-state index >= 15 is 0 Å². The van der Waals surface area contributed by atoms with Crippen LogP contribution in [0.3, 0.4) is 0 Å². The number of hydrogen-bond donors (Lipinski definition) is 1. The molecule has 1 fully saturated rings. The van der Waals surface area contributed by atoms with Gasteiger partial charge in [0.1, 0.15) is 0 Å². The Morgan fingerprint density at radius 2 is 2.22 bits per heavy atom. The molecule has 6 nitrogen and oxygen atoms in total. The van der Waals surface area contributed by atoms with E-state index in [4.69, 9.17) is 9.84 Å². The highest BCUT2D eigenvalue weighted by molar-refractivity contribution is 9.10. The third-order valence-corrected chi connectivity index (χ3v) is 4.70. The van der Waals surface area contributed by atoms with Crippen molar-refractivity contribution in [3.05, 3.63) is 33.8 Å². The fraction of sp³-hybridized carbons (Fsp3) is 0.500. The van der Waals surface area contributed by atoms with Gasteiger partial charge in [-0.1, -0.05) is 22.0 Å². The summed E-state index contributed by atoms with van der Waals surface area (Å²) in [6, 6.07) is 5.58. The Morgan fingerprint density at radius 1 is 1.48 bits per heavy atom. The normalized spacial score (nSPS) is 18.3. The van der Waals surface area contributed by atoms with Crippen molar-refractivity contribution in [3.8, 4) is 0 Å². The Kier molecular flexibility index (Phi) is 6.15. The number of amides is 1. The lowest BCUT2D eigenvalue weighted by Gasteiger charge is -2.35. The molecule has 126 valence electrons. The lowest BCUT2D eigenvalue weighted by atomic mass is 10.1. The second-order valence-electron chi connectivity index (χ2n) is 5.75. The molecule has 1 aliphatic rings. The van der Waals surface area contributed by atoms with Crippen LogP contribution in [0.15, 0.2) is 22.7 Å². The highest BCUT2D eigenvalue weighted by Gasteiger charge is 2.27. The Balaban J connectivity index is 2.01. The Labute approximate surface area is 144 Å². The average Bonchev–Trinajstić information content (AvgIpc) is 2.48. The monoisotopic (exact) mass is 384 g/mol. The summed E-state index contributed by atoms with van der Waals surface area (Å²) in [7, 11) is 1.73. The largest absolute Gasteiger partial charge is 0.480 e. The molecule has 1 N–H and O–H groups in total. The molecule has 1 heterocycles. The molecule has 1 amide bonds. The van der Waals surface area contributed by atoms with Gasteiger partial charge < -0.3 is 14.7 Å². The van der Waals surface area contributed by atoms with Gasteiger partial charge in [-0.3, -0.25) is 14.5 Å². The zero-order valence-corrected chi connectivity index (χ0v) is 14.9. The van der Waals surface area contributed by atoms with Crippen LogP contribution < -0.4 is 0 Å². The SMILES string of the molecule is Cc1c(Br)cccc1C(=O)N1CCO[C@@H](CN(C)CC(=O)O)C1. The van der Waals surface area contributed by atoms with Crippen LogP contribution in [-0.4, -0.2) is 72.7 Å². The highest BCUT2D eigenvalue weighted by Crippen LogP contribution is 2.21. The number of nitrogens with zero attached hydrogens (tertiary/aromatic N) is 2. The number of carbonyl (C=O) groups excluding carboxylic acids is 1. The Bertz CT molecular complexity index is 593. The third kappa shape index (κ3) is 4.76. The van der Waals surface area contributed by atoms with Gasteiger partial charge in [-0.05, 0) is 31.7 Å². The standard InChI is InChI=1S/C16H21BrN2O4/c1-11-13(4-3-5-14(11)17)16(22)19-6-7-23-12(9-19)8-18(2)10-15(20)21/h3-5,12H,6-10H2,1-2H3,(H,20,21)/t12-/m0/s1. The molecule has 1 aliphatic heterocycles. The minimum atomic E-state index is -0.874. The summed E-state index contributed by atoms with van der Waals surface area (Å²) in [6.07, 6.45) is -0.176. The van der Waals surface area contributed by atoms with Gasteiger partial charge in [-0.15, -0.1) is 0 Å². The van der Waals surface area contributed by atoms with Gasteiger partial charge in [0.2, 0.25) is 0 Å². The first-order valence-corrected chi connectivity index (χ1v) is 8.24. The molecule has 0 bridgehead atoms. The first-order valence-electron chi connectivity index (χ1n) is 7.45. The van der Waals surface area contributed by atoms with Crippen LogP contribution in [0.4, 0.5) is 0 Å². The Morgan fingerprint density at radius 3 is 2.91 bits per heavy atom. The average molecular weight is 385 g/mol. The molecule has 7 heteroatoms. The number of benzene rings is 1. The van der Waals surface area contributed by atoms with Crippen molar-refractivity contribution in [2.45, 2.75) is 13.0 Å². The van der Waals surface area contributed by atoms with Gasteiger partial charge in [-0.25, -0.2) is 0 Å². The highest BCUT2D eigenvalue weighted by atomic mass is 79.9. The van der Waals surface area contributed by atoms with Crippen LogP contribution >= 0.6 is 15.9 Å². The lowest BCUT2D eigenvalue weighted by molar-refractivity contribution is -0.138. The van der Waals surface area contributed by atoms with Gasteiger partial charge in [0.05, 0.1) is 19.3 Å². The number of rotatable bonds is 5. The maximum atomic E-state index is 12.7. The van der Waals surface area contributed by atoms with Gasteiger partial charge in [0.15, 0.2) is 0 Å². The summed E-state index contributed by atoms with van der Waals surface area (Å²) in [5.74, 6) is -0.890. The van der Waals surface area contributed by atoms with E-state index in [9.17, 15) is 9.59 Å². The number of ether oxygens (including phenoxy) is 1. The predicted molar refractivity (Wildman–Crippen MR) is 89.7 cm³/mol. The van der Waals surface area contributed by atoms with E-state index in [1.807, 2.05) is 25.1 Å². The van der Waals surface area contributed by atoms with Crippen LogP contribution in [-0.2, 0) is 9.53 Å². The van der Waals surface area contributed by atoms with E-state index in [2.05, 4.69) is 15.9 Å². The fourth-order valence-corrected chi connectivity index (χ4v) is 3.03. The summed E-state index contributed by atoms with van der Waals surface area (Å²) < 4.78 is 6.57. The summed E-state index contributed by atoms with van der Waals surface area (Å²) in [5, 5.41) is 8.81. The number of hydrogen-bond acceptors (Lipinski definition) is 4. The summed E-state index contributed by atoms with van der Waals surface area (Å²) in [5.41, 5.74) is 1.60. The molecular weight excluding hydrogens is 364 g/mol. The molecule has 2 rings (SSSR count). The van der Waals surface area contributed by atoms with Gasteiger partial charge in [0.25, 0.3) is 5.91 Å². The summed E-state index contributed by atoms with van der Waals surface area (Å²) in [6.45, 7) is 3.82. The third-order valence-electron chi connectivity index (χ3n) is 3.84. The molecule has 1 aromatic rings. The molecule has 23 heavy (non-hydrogen) atoms. The second-order valence-corrected chi connectivity index (χ2v) is 6.60. The van der Waals surface area contributed by atoms with E-state index in [0.717, 1.165) is 10.0 Å². The van der Waals surface area contributed by atoms with Gasteiger partial charge >= 0.3 is 5.97 Å². The summed E-state index contributed by atoms with van der Waals surface area (Å²) in [4.78, 5) is 26.9. The molecule has 1 aromatic carbocycles. The number of aliphatic carboxylic acids is 1. The number of carboxylic acid groups (broad SMARTS) is 1. The van der Waals surface area contributed by atoms with E-state index in [0.29, 0.717) is 31.8 Å². The zero-order valence-electron chi connectivity index (χ0n) is 13.3. The van der Waals surface area contributed by atoms with Crippen LogP contribution in [0.2, 0.25) is 0 Å². The first kappa shape index (κ1) is 17.9. The van der Waals surface area contributed by atoms with E-state index < -0.39 is 5.97 Å². The van der Waals surface area contributed by atoms with Crippen molar-refractivity contribution < 1.29 is 19.4 Å². The lowest BCUT2D eigenvalue weighted by Crippen LogP contribution is -2.49. The molecule has 0 radical (unpaired) electrons. The van der Waals surface area contributed by atoms with Gasteiger partial charge in [0, 0.05) is 29.7 Å². The van der Waals surface area contributed by atoms with Crippen molar-refractivity contribution in [1.82, 2.24) is 9.80 Å². The molecule has 0 saturated carbocycles. The molecule has 1 atom stereocenters. The quantitative estimate of drug-likeness (QED) is 0.834. The topological polar surface area (TPSA) is 70.1 Å². The minimum Gasteiger partial charge on any atom is -0.480 e. The summed E-state index contributed by atoms with van der Waals surface area (Å²) >= 11 is 3.45. The molecule has 0 spiro atoms. The van der Waals surface area contributed by atoms with Crippen molar-refractivity contribution in [2.75, 3.05) is 39.8 Å². The zero-order chi connectivity index (χ0) is 17.0. The van der Waals surface area contributed by atoms with Crippen molar-refractivity contribution in [1.29, 1.82) is 0 Å². The van der Waals surface area contributed by atoms with Crippen LogP contribution in [0.5, 0.6) is 0 Å². The van der Waals surface area contributed by atoms with Crippen molar-refractivity contribution >= 4 is 27.8 Å². The predicted octanol–water partition coefficient (Wildman–Crippen LogP) is 1.61.